The van der Waals surface area contributed by atoms with Gasteiger partial charge in [0, 0.05) is 30.5 Å². The van der Waals surface area contributed by atoms with E-state index in [4.69, 9.17) is 10.1 Å². The Morgan fingerprint density at radius 3 is 2.28 bits per heavy atom. The van der Waals surface area contributed by atoms with E-state index in [1.54, 1.807) is 7.11 Å². The normalized spacial score (nSPS) is 33.6. The minimum atomic E-state index is -0.0999. The van der Waals surface area contributed by atoms with Crippen LogP contribution in [-0.4, -0.2) is 60.9 Å². The highest BCUT2D eigenvalue weighted by Crippen LogP contribution is 2.60. The number of benzene rings is 1. The average molecular weight is 585 g/mol. The summed E-state index contributed by atoms with van der Waals surface area (Å²) in [6, 6.07) is 8.37. The minimum Gasteiger partial charge on any atom is -0.497 e. The van der Waals surface area contributed by atoms with Gasteiger partial charge in [-0.25, -0.2) is 0 Å². The van der Waals surface area contributed by atoms with Crippen LogP contribution in [0.25, 0.3) is 0 Å². The van der Waals surface area contributed by atoms with E-state index >= 15 is 0 Å². The second-order valence-electron chi connectivity index (χ2n) is 15.3. The summed E-state index contributed by atoms with van der Waals surface area (Å²) in [5.74, 6) is 5.01. The molecule has 6 fully saturated rings. The van der Waals surface area contributed by atoms with Crippen molar-refractivity contribution in [2.45, 2.75) is 90.1 Å². The zero-order chi connectivity index (χ0) is 29.6. The van der Waals surface area contributed by atoms with Crippen LogP contribution in [0.2, 0.25) is 0 Å². The molecule has 6 heteroatoms. The highest BCUT2D eigenvalue weighted by molar-refractivity contribution is 5.87. The number of allylic oxidation sites excluding steroid dienone is 2. The molecule has 0 aromatic heterocycles. The molecule has 2 N–H and O–H groups in total. The molecule has 1 spiro atoms. The first-order valence-electron chi connectivity index (χ1n) is 17.2. The quantitative estimate of drug-likeness (QED) is 0.344. The number of rotatable bonds is 9. The summed E-state index contributed by atoms with van der Waals surface area (Å²) in [7, 11) is 1.70. The zero-order valence-corrected chi connectivity index (χ0v) is 26.5. The first-order valence-corrected chi connectivity index (χ1v) is 17.2. The van der Waals surface area contributed by atoms with Crippen molar-refractivity contribution in [2.75, 3.05) is 33.3 Å². The Morgan fingerprint density at radius 2 is 1.67 bits per heavy atom. The van der Waals surface area contributed by atoms with Crippen LogP contribution in [0, 0.1) is 39.9 Å². The molecule has 232 valence electrons. The second kappa shape index (κ2) is 11.7. The smallest absolute Gasteiger partial charge is 0.226 e. The molecule has 1 aromatic rings. The van der Waals surface area contributed by atoms with Gasteiger partial charge >= 0.3 is 0 Å². The predicted molar refractivity (Wildman–Crippen MR) is 172 cm³/mol. The van der Waals surface area contributed by atoms with E-state index in [0.29, 0.717) is 11.8 Å². The molecule has 2 aliphatic heterocycles. The monoisotopic (exact) mass is 584 g/mol. The molecular formula is C37H52N4O2. The number of amides is 1. The van der Waals surface area contributed by atoms with Gasteiger partial charge in [0.05, 0.1) is 13.2 Å². The number of nitrogens with zero attached hydrogens (tertiary/aromatic N) is 2. The molecular weight excluding hydrogens is 532 g/mol. The number of ether oxygens (including phenoxy) is 1. The van der Waals surface area contributed by atoms with Gasteiger partial charge in [-0.1, -0.05) is 37.3 Å². The van der Waals surface area contributed by atoms with Gasteiger partial charge in [-0.05, 0) is 131 Å². The summed E-state index contributed by atoms with van der Waals surface area (Å²) in [6.45, 7) is 7.14. The fourth-order valence-electron chi connectivity index (χ4n) is 10.1. The molecule has 7 aliphatic rings. The van der Waals surface area contributed by atoms with Gasteiger partial charge in [-0.15, -0.1) is 0 Å². The van der Waals surface area contributed by atoms with Gasteiger partial charge in [-0.2, -0.15) is 0 Å². The highest BCUT2D eigenvalue weighted by Gasteiger charge is 2.55. The van der Waals surface area contributed by atoms with E-state index in [-0.39, 0.29) is 16.9 Å². The summed E-state index contributed by atoms with van der Waals surface area (Å²) < 4.78 is 5.31. The molecule has 2 atom stereocenters. The third-order valence-corrected chi connectivity index (χ3v) is 12.3. The standard InChI is InChI=1S/C37H52N4O2/c1-26-3-7-31(8-4-26)33(39-35(42)37-22-28-19-29(23-37)21-30(20-28)24-37)11-15-40-16-12-36(13-17-40)14-18-41(34(36)38)25-27-5-9-32(43-2)10-6-27/h3,5-10,26,28-30,33,38H,4,11-25H2,1-2H3,(H,39,42)/t26?,28?,29?,30?,33-,37?/m0/s1. The predicted octanol–water partition coefficient (Wildman–Crippen LogP) is 6.57. The number of piperidine rings is 1. The van der Waals surface area contributed by atoms with Crippen LogP contribution in [0.4, 0.5) is 0 Å². The van der Waals surface area contributed by atoms with Crippen molar-refractivity contribution in [3.8, 4) is 5.75 Å². The van der Waals surface area contributed by atoms with Gasteiger partial charge in [0.1, 0.15) is 11.6 Å². The number of methoxy groups -OCH3 is 1. The van der Waals surface area contributed by atoms with Gasteiger partial charge in [0.15, 0.2) is 0 Å². The third kappa shape index (κ3) is 5.81. The molecule has 8 rings (SSSR count). The van der Waals surface area contributed by atoms with Crippen LogP contribution in [0.15, 0.2) is 48.1 Å². The first kappa shape index (κ1) is 29.1. The zero-order valence-electron chi connectivity index (χ0n) is 26.5. The second-order valence-corrected chi connectivity index (χ2v) is 15.3. The highest BCUT2D eigenvalue weighted by atomic mass is 16.5. The van der Waals surface area contributed by atoms with Crippen molar-refractivity contribution >= 4 is 11.7 Å². The minimum absolute atomic E-state index is 0.0276. The van der Waals surface area contributed by atoms with Crippen molar-refractivity contribution in [1.82, 2.24) is 15.1 Å². The molecule has 43 heavy (non-hydrogen) atoms. The van der Waals surface area contributed by atoms with Gasteiger partial charge in [-0.3, -0.25) is 10.2 Å². The first-order chi connectivity index (χ1) is 20.8. The molecule has 4 saturated carbocycles. The average Bonchev–Trinajstić information content (AvgIpc) is 3.30. The Balaban J connectivity index is 0.956. The fraction of sp³-hybridized carbons (Fsp3) is 0.676. The van der Waals surface area contributed by atoms with Gasteiger partial charge in [0.2, 0.25) is 5.91 Å². The Labute approximate surface area is 258 Å². The third-order valence-electron chi connectivity index (χ3n) is 12.3. The number of carbonyl (C=O) groups excluding carboxylic acids is 1. The Morgan fingerprint density at radius 1 is 1.02 bits per heavy atom. The van der Waals surface area contributed by atoms with Crippen molar-refractivity contribution in [3.05, 3.63) is 53.6 Å². The lowest BCUT2D eigenvalue weighted by Crippen LogP contribution is -2.55. The summed E-state index contributed by atoms with van der Waals surface area (Å²) >= 11 is 0. The van der Waals surface area contributed by atoms with Crippen LogP contribution >= 0.6 is 0 Å². The number of carbonyl (C=O) groups is 1. The van der Waals surface area contributed by atoms with E-state index in [2.05, 4.69) is 52.4 Å². The van der Waals surface area contributed by atoms with Crippen LogP contribution in [0.1, 0.15) is 83.1 Å². The lowest BCUT2D eigenvalue weighted by molar-refractivity contribution is -0.146. The van der Waals surface area contributed by atoms with E-state index in [1.807, 2.05) is 12.1 Å². The van der Waals surface area contributed by atoms with Crippen molar-refractivity contribution in [3.63, 3.8) is 0 Å². The fourth-order valence-corrected chi connectivity index (χ4v) is 10.1. The lowest BCUT2D eigenvalue weighted by Gasteiger charge is -2.56. The number of hydrogen-bond acceptors (Lipinski definition) is 4. The summed E-state index contributed by atoms with van der Waals surface area (Å²) in [4.78, 5) is 18.9. The Kier molecular flexibility index (Phi) is 7.94. The number of amidine groups is 1. The van der Waals surface area contributed by atoms with Gasteiger partial charge in [0.25, 0.3) is 0 Å². The van der Waals surface area contributed by atoms with E-state index in [1.165, 1.54) is 30.4 Å². The Hall–Kier alpha value is -2.60. The van der Waals surface area contributed by atoms with Crippen LogP contribution in [0.5, 0.6) is 5.75 Å². The van der Waals surface area contributed by atoms with Crippen LogP contribution in [0.3, 0.4) is 0 Å². The number of hydrogen-bond donors (Lipinski definition) is 2. The van der Waals surface area contributed by atoms with Crippen molar-refractivity contribution < 1.29 is 9.53 Å². The molecule has 1 unspecified atom stereocenters. The SMILES string of the molecule is COc1ccc(CN2CCC3(CCN(CC[C@H](NC(=O)C45CC6CC(CC(C6)C4)C5)C4=CCC(C)C=C4)CC3)C2=N)cc1. The van der Waals surface area contributed by atoms with E-state index in [0.717, 1.165) is 113 Å². The number of nitrogens with one attached hydrogen (secondary N) is 2. The molecule has 1 aromatic carbocycles. The lowest BCUT2D eigenvalue weighted by atomic mass is 9.49. The molecule has 0 radical (unpaired) electrons. The summed E-state index contributed by atoms with van der Waals surface area (Å²) in [6.07, 6.45) is 19.7. The topological polar surface area (TPSA) is 68.7 Å². The van der Waals surface area contributed by atoms with Crippen molar-refractivity contribution in [1.29, 1.82) is 5.41 Å². The van der Waals surface area contributed by atoms with Gasteiger partial charge < -0.3 is 19.9 Å². The number of likely N-dealkylation sites (tertiary alicyclic amines) is 2. The maximum atomic E-state index is 14.1. The van der Waals surface area contributed by atoms with Crippen LogP contribution in [-0.2, 0) is 11.3 Å². The molecule has 2 saturated heterocycles. The largest absolute Gasteiger partial charge is 0.497 e. The molecule has 5 aliphatic carbocycles. The molecule has 2 heterocycles. The van der Waals surface area contributed by atoms with Crippen LogP contribution < -0.4 is 10.1 Å². The summed E-state index contributed by atoms with van der Waals surface area (Å²) in [5, 5.41) is 12.8. The van der Waals surface area contributed by atoms with E-state index < -0.39 is 0 Å². The molecule has 6 nitrogen and oxygen atoms in total. The Bertz CT molecular complexity index is 1220. The van der Waals surface area contributed by atoms with Crippen molar-refractivity contribution in [2.24, 2.45) is 34.5 Å². The summed E-state index contributed by atoms with van der Waals surface area (Å²) in [5.41, 5.74) is 2.48. The van der Waals surface area contributed by atoms with E-state index in [9.17, 15) is 4.79 Å². The maximum Gasteiger partial charge on any atom is 0.226 e. The molecule has 4 bridgehead atoms. The maximum absolute atomic E-state index is 14.1. The molecule has 1 amide bonds.